The van der Waals surface area contributed by atoms with Crippen LogP contribution in [0.4, 0.5) is 0 Å². The zero-order valence-electron chi connectivity index (χ0n) is 12.0. The maximum absolute atomic E-state index is 5.75. The number of ether oxygens (including phenoxy) is 2. The summed E-state index contributed by atoms with van der Waals surface area (Å²) in [6.07, 6.45) is 2.75. The highest BCUT2D eigenvalue weighted by atomic mass is 32.1. The maximum Gasteiger partial charge on any atom is 0.134 e. The highest BCUT2D eigenvalue weighted by Gasteiger charge is 2.23. The lowest BCUT2D eigenvalue weighted by atomic mass is 10.1. The number of nitrogens with zero attached hydrogens (tertiary/aromatic N) is 1. The molecule has 1 N–H and O–H groups in total. The maximum atomic E-state index is 5.75. The van der Waals surface area contributed by atoms with Crippen LogP contribution in [0.1, 0.15) is 25.6 Å². The standard InChI is InChI=1S/C16H18N2O2S/c1-2-19-10-15-17-14(9-16(21)18-15)11-3-5-12(6-4-11)20-13-7-8-13/h3-6,9,13H,2,7-8,10H2,1H3,(H,17,18,21). The van der Waals surface area contributed by atoms with Crippen molar-refractivity contribution in [2.45, 2.75) is 32.5 Å². The Kier molecular flexibility index (Phi) is 4.31. The van der Waals surface area contributed by atoms with Gasteiger partial charge in [-0.1, -0.05) is 12.2 Å². The van der Waals surface area contributed by atoms with Crippen LogP contribution in [-0.4, -0.2) is 22.7 Å². The molecule has 0 spiro atoms. The Morgan fingerprint density at radius 3 is 2.71 bits per heavy atom. The number of rotatable bonds is 6. The van der Waals surface area contributed by atoms with Gasteiger partial charge in [0.1, 0.15) is 22.8 Å². The number of aromatic amines is 1. The zero-order valence-corrected chi connectivity index (χ0v) is 12.8. The molecular formula is C16H18N2O2S. The lowest BCUT2D eigenvalue weighted by Crippen LogP contribution is -2.00. The molecule has 21 heavy (non-hydrogen) atoms. The molecule has 5 heteroatoms. The minimum absolute atomic E-state index is 0.417. The molecule has 0 unspecified atom stereocenters. The molecule has 1 aliphatic carbocycles. The first-order valence-corrected chi connectivity index (χ1v) is 7.60. The minimum Gasteiger partial charge on any atom is -0.490 e. The van der Waals surface area contributed by atoms with Crippen LogP contribution in [0.15, 0.2) is 30.3 Å². The molecule has 0 radical (unpaired) electrons. The van der Waals surface area contributed by atoms with Gasteiger partial charge < -0.3 is 14.5 Å². The van der Waals surface area contributed by atoms with Crippen molar-refractivity contribution in [3.63, 3.8) is 0 Å². The first kappa shape index (κ1) is 14.2. The van der Waals surface area contributed by atoms with Crippen molar-refractivity contribution in [2.75, 3.05) is 6.61 Å². The summed E-state index contributed by atoms with van der Waals surface area (Å²) in [6.45, 7) is 3.05. The summed E-state index contributed by atoms with van der Waals surface area (Å²) < 4.78 is 11.7. The van der Waals surface area contributed by atoms with Crippen LogP contribution < -0.4 is 4.74 Å². The molecule has 0 atom stereocenters. The first-order chi connectivity index (χ1) is 10.2. The lowest BCUT2D eigenvalue weighted by Gasteiger charge is -2.08. The Bertz CT molecular complexity index is 663. The third-order valence-electron chi connectivity index (χ3n) is 3.23. The second-order valence-corrected chi connectivity index (χ2v) is 5.48. The van der Waals surface area contributed by atoms with Crippen molar-refractivity contribution in [3.05, 3.63) is 40.8 Å². The van der Waals surface area contributed by atoms with Gasteiger partial charge in [-0.15, -0.1) is 0 Å². The third-order valence-corrected chi connectivity index (χ3v) is 3.44. The van der Waals surface area contributed by atoms with E-state index < -0.39 is 0 Å². The van der Waals surface area contributed by atoms with E-state index in [0.29, 0.717) is 24.0 Å². The molecule has 1 aliphatic rings. The SMILES string of the molecule is CCOCc1nc(=S)cc(-c2ccc(OC3CC3)cc2)[nH]1. The monoisotopic (exact) mass is 302 g/mol. The molecule has 3 rings (SSSR count). The van der Waals surface area contributed by atoms with Crippen LogP contribution in [0.3, 0.4) is 0 Å². The van der Waals surface area contributed by atoms with Crippen LogP contribution in [0, 0.1) is 4.64 Å². The van der Waals surface area contributed by atoms with Gasteiger partial charge in [-0.3, -0.25) is 0 Å². The molecule has 4 nitrogen and oxygen atoms in total. The van der Waals surface area contributed by atoms with E-state index in [1.54, 1.807) is 0 Å². The Morgan fingerprint density at radius 1 is 1.29 bits per heavy atom. The lowest BCUT2D eigenvalue weighted by molar-refractivity contribution is 0.128. The van der Waals surface area contributed by atoms with Crippen LogP contribution >= 0.6 is 12.2 Å². The van der Waals surface area contributed by atoms with E-state index in [1.165, 1.54) is 12.8 Å². The number of H-pyrrole nitrogens is 1. The highest BCUT2D eigenvalue weighted by molar-refractivity contribution is 7.71. The van der Waals surface area contributed by atoms with Gasteiger partial charge in [0, 0.05) is 12.3 Å². The topological polar surface area (TPSA) is 47.1 Å². The van der Waals surface area contributed by atoms with Crippen molar-refractivity contribution in [2.24, 2.45) is 0 Å². The third kappa shape index (κ3) is 3.89. The molecule has 1 aromatic heterocycles. The van der Waals surface area contributed by atoms with Gasteiger partial charge in [0.05, 0.1) is 6.10 Å². The molecule has 1 aromatic carbocycles. The molecule has 0 bridgehead atoms. The van der Waals surface area contributed by atoms with Gasteiger partial charge in [-0.05, 0) is 55.7 Å². The molecule has 1 fully saturated rings. The minimum atomic E-state index is 0.417. The summed E-state index contributed by atoms with van der Waals surface area (Å²) in [5, 5.41) is 0. The Labute approximate surface area is 129 Å². The molecule has 110 valence electrons. The average molecular weight is 302 g/mol. The molecule has 0 saturated heterocycles. The first-order valence-electron chi connectivity index (χ1n) is 7.19. The van der Waals surface area contributed by atoms with E-state index in [0.717, 1.165) is 22.8 Å². The number of hydrogen-bond donors (Lipinski definition) is 1. The van der Waals surface area contributed by atoms with Crippen molar-refractivity contribution < 1.29 is 9.47 Å². The van der Waals surface area contributed by atoms with Crippen molar-refractivity contribution in [1.82, 2.24) is 9.97 Å². The van der Waals surface area contributed by atoms with Gasteiger partial charge in [0.2, 0.25) is 0 Å². The summed E-state index contributed by atoms with van der Waals surface area (Å²) in [7, 11) is 0. The van der Waals surface area contributed by atoms with Gasteiger partial charge >= 0.3 is 0 Å². The predicted octanol–water partition coefficient (Wildman–Crippen LogP) is 3.88. The number of aromatic nitrogens is 2. The number of nitrogens with one attached hydrogen (secondary N) is 1. The summed E-state index contributed by atoms with van der Waals surface area (Å²) >= 11 is 5.22. The van der Waals surface area contributed by atoms with Crippen LogP contribution in [0.2, 0.25) is 0 Å². The normalized spacial score (nSPS) is 14.1. The smallest absolute Gasteiger partial charge is 0.134 e. The fraction of sp³-hybridized carbons (Fsp3) is 0.375. The molecule has 0 aliphatic heterocycles. The fourth-order valence-corrected chi connectivity index (χ4v) is 2.25. The van der Waals surface area contributed by atoms with Gasteiger partial charge in [-0.25, -0.2) is 4.98 Å². The summed E-state index contributed by atoms with van der Waals surface area (Å²) in [5.74, 6) is 1.67. The van der Waals surface area contributed by atoms with Crippen LogP contribution in [0.25, 0.3) is 11.3 Å². The Balaban J connectivity index is 1.81. The Hall–Kier alpha value is -1.72. The molecule has 1 heterocycles. The zero-order chi connectivity index (χ0) is 14.7. The van der Waals surface area contributed by atoms with Crippen molar-refractivity contribution in [1.29, 1.82) is 0 Å². The highest BCUT2D eigenvalue weighted by Crippen LogP contribution is 2.28. The fourth-order valence-electron chi connectivity index (χ4n) is 2.02. The van der Waals surface area contributed by atoms with Gasteiger partial charge in [0.15, 0.2) is 0 Å². The summed E-state index contributed by atoms with van der Waals surface area (Å²) in [5.41, 5.74) is 2.01. The quantitative estimate of drug-likeness (QED) is 0.823. The van der Waals surface area contributed by atoms with E-state index in [2.05, 4.69) is 9.97 Å². The van der Waals surface area contributed by atoms with Crippen LogP contribution in [0.5, 0.6) is 5.75 Å². The van der Waals surface area contributed by atoms with E-state index in [-0.39, 0.29) is 0 Å². The van der Waals surface area contributed by atoms with Gasteiger partial charge in [-0.2, -0.15) is 0 Å². The molecular weight excluding hydrogens is 284 g/mol. The molecule has 2 aromatic rings. The van der Waals surface area contributed by atoms with Gasteiger partial charge in [0.25, 0.3) is 0 Å². The second kappa shape index (κ2) is 6.37. The van der Waals surface area contributed by atoms with Crippen molar-refractivity contribution >= 4 is 12.2 Å². The second-order valence-electron chi connectivity index (χ2n) is 5.06. The number of benzene rings is 1. The summed E-state index contributed by atoms with van der Waals surface area (Å²) in [6, 6.07) is 9.91. The largest absolute Gasteiger partial charge is 0.490 e. The molecule has 1 saturated carbocycles. The van der Waals surface area contributed by atoms with E-state index in [4.69, 9.17) is 21.7 Å². The van der Waals surface area contributed by atoms with Crippen molar-refractivity contribution in [3.8, 4) is 17.0 Å². The summed E-state index contributed by atoms with van der Waals surface area (Å²) in [4.78, 5) is 7.54. The Morgan fingerprint density at radius 2 is 2.05 bits per heavy atom. The average Bonchev–Trinajstić information content (AvgIpc) is 3.29. The van der Waals surface area contributed by atoms with E-state index in [9.17, 15) is 0 Å². The van der Waals surface area contributed by atoms with E-state index >= 15 is 0 Å². The predicted molar refractivity (Wildman–Crippen MR) is 83.8 cm³/mol. The molecule has 0 amide bonds. The number of hydrogen-bond acceptors (Lipinski definition) is 4. The van der Waals surface area contributed by atoms with E-state index in [1.807, 2.05) is 37.3 Å². The van der Waals surface area contributed by atoms with Crippen LogP contribution in [-0.2, 0) is 11.3 Å².